The number of hydrogen-bond acceptors (Lipinski definition) is 3. The SMILES string of the molecule is CCc1nn(C)c(Nc2cc(F)cc(Cl)c2)c1N. The first kappa shape index (κ1) is 12.7. The second kappa shape index (κ2) is 4.86. The number of halogens is 2. The lowest BCUT2D eigenvalue weighted by Gasteiger charge is -2.08. The van der Waals surface area contributed by atoms with Gasteiger partial charge in [-0.3, -0.25) is 4.68 Å². The molecule has 0 bridgehead atoms. The van der Waals surface area contributed by atoms with E-state index >= 15 is 0 Å². The van der Waals surface area contributed by atoms with Crippen LogP contribution in [0.25, 0.3) is 0 Å². The summed E-state index contributed by atoms with van der Waals surface area (Å²) in [5.41, 5.74) is 7.88. The number of nitrogens with two attached hydrogens (primary N) is 1. The van der Waals surface area contributed by atoms with E-state index in [0.717, 1.165) is 12.1 Å². The Kier molecular flexibility index (Phi) is 3.43. The number of nitrogen functional groups attached to an aromatic ring is 1. The molecule has 0 radical (unpaired) electrons. The summed E-state index contributed by atoms with van der Waals surface area (Å²) in [4.78, 5) is 0. The maximum Gasteiger partial charge on any atom is 0.152 e. The predicted molar refractivity (Wildman–Crippen MR) is 71.7 cm³/mol. The van der Waals surface area contributed by atoms with Crippen LogP contribution >= 0.6 is 11.6 Å². The highest BCUT2D eigenvalue weighted by molar-refractivity contribution is 6.30. The van der Waals surface area contributed by atoms with Gasteiger partial charge in [0.15, 0.2) is 5.82 Å². The summed E-state index contributed by atoms with van der Waals surface area (Å²) in [5.74, 6) is 0.231. The second-order valence-corrected chi connectivity index (χ2v) is 4.41. The molecular formula is C12H14ClFN4. The van der Waals surface area contributed by atoms with Crippen LogP contribution < -0.4 is 11.1 Å². The molecule has 2 aromatic rings. The zero-order valence-electron chi connectivity index (χ0n) is 10.2. The number of anilines is 3. The third kappa shape index (κ3) is 2.41. The zero-order chi connectivity index (χ0) is 13.3. The third-order valence-corrected chi connectivity index (χ3v) is 2.84. The van der Waals surface area contributed by atoms with Gasteiger partial charge in [0.2, 0.25) is 0 Å². The van der Waals surface area contributed by atoms with Crippen LogP contribution in [0.5, 0.6) is 0 Å². The molecule has 0 fully saturated rings. The molecule has 6 heteroatoms. The van der Waals surface area contributed by atoms with Crippen LogP contribution in [-0.2, 0) is 13.5 Å². The number of nitrogens with zero attached hydrogens (tertiary/aromatic N) is 2. The molecule has 18 heavy (non-hydrogen) atoms. The topological polar surface area (TPSA) is 55.9 Å². The van der Waals surface area contributed by atoms with Crippen molar-refractivity contribution in [2.75, 3.05) is 11.1 Å². The number of hydrogen-bond donors (Lipinski definition) is 2. The van der Waals surface area contributed by atoms with Crippen molar-refractivity contribution in [3.05, 3.63) is 34.7 Å². The van der Waals surface area contributed by atoms with Crippen molar-refractivity contribution in [2.45, 2.75) is 13.3 Å². The average Bonchev–Trinajstić information content (AvgIpc) is 2.55. The molecule has 0 aliphatic heterocycles. The fourth-order valence-electron chi connectivity index (χ4n) is 1.77. The summed E-state index contributed by atoms with van der Waals surface area (Å²) in [6, 6.07) is 4.23. The minimum atomic E-state index is -0.401. The summed E-state index contributed by atoms with van der Waals surface area (Å²) < 4.78 is 14.9. The van der Waals surface area contributed by atoms with Crippen LogP contribution in [-0.4, -0.2) is 9.78 Å². The van der Waals surface area contributed by atoms with Crippen molar-refractivity contribution in [1.82, 2.24) is 9.78 Å². The van der Waals surface area contributed by atoms with Gasteiger partial charge in [0.05, 0.1) is 11.4 Å². The molecule has 3 N–H and O–H groups in total. The van der Waals surface area contributed by atoms with Gasteiger partial charge < -0.3 is 11.1 Å². The Morgan fingerprint density at radius 3 is 2.72 bits per heavy atom. The Labute approximate surface area is 110 Å². The minimum Gasteiger partial charge on any atom is -0.394 e. The summed E-state index contributed by atoms with van der Waals surface area (Å²) in [6.45, 7) is 1.97. The number of aromatic nitrogens is 2. The first-order valence-electron chi connectivity index (χ1n) is 5.55. The molecule has 2 rings (SSSR count). The lowest BCUT2D eigenvalue weighted by molar-refractivity contribution is 0.628. The molecular weight excluding hydrogens is 255 g/mol. The Morgan fingerprint density at radius 2 is 2.17 bits per heavy atom. The zero-order valence-corrected chi connectivity index (χ0v) is 10.9. The molecule has 0 spiro atoms. The summed E-state index contributed by atoms with van der Waals surface area (Å²) >= 11 is 5.79. The van der Waals surface area contributed by atoms with Gasteiger partial charge in [0.1, 0.15) is 5.82 Å². The molecule has 0 aliphatic rings. The average molecular weight is 269 g/mol. The van der Waals surface area contributed by atoms with E-state index in [1.807, 2.05) is 6.92 Å². The first-order chi connectivity index (χ1) is 8.51. The molecule has 0 atom stereocenters. The monoisotopic (exact) mass is 268 g/mol. The molecule has 1 aromatic heterocycles. The van der Waals surface area contributed by atoms with Crippen LogP contribution in [0, 0.1) is 5.82 Å². The lowest BCUT2D eigenvalue weighted by atomic mass is 10.2. The van der Waals surface area contributed by atoms with E-state index in [1.54, 1.807) is 17.8 Å². The maximum atomic E-state index is 13.2. The highest BCUT2D eigenvalue weighted by atomic mass is 35.5. The van der Waals surface area contributed by atoms with Crippen LogP contribution in [0.4, 0.5) is 21.6 Å². The molecule has 0 aliphatic carbocycles. The second-order valence-electron chi connectivity index (χ2n) is 3.97. The Morgan fingerprint density at radius 1 is 1.44 bits per heavy atom. The standard InChI is InChI=1S/C12H14ClFN4/c1-3-10-11(15)12(18(2)17-10)16-9-5-7(13)4-8(14)6-9/h4-6,16H,3,15H2,1-2H3. The molecule has 1 heterocycles. The smallest absolute Gasteiger partial charge is 0.152 e. The van der Waals surface area contributed by atoms with Gasteiger partial charge >= 0.3 is 0 Å². The maximum absolute atomic E-state index is 13.2. The molecule has 4 nitrogen and oxygen atoms in total. The van der Waals surface area contributed by atoms with E-state index in [4.69, 9.17) is 17.3 Å². The molecule has 0 saturated heterocycles. The van der Waals surface area contributed by atoms with Crippen molar-refractivity contribution in [1.29, 1.82) is 0 Å². The van der Waals surface area contributed by atoms with Gasteiger partial charge in [-0.05, 0) is 24.6 Å². The van der Waals surface area contributed by atoms with E-state index in [-0.39, 0.29) is 0 Å². The fraction of sp³-hybridized carbons (Fsp3) is 0.250. The van der Waals surface area contributed by atoms with Crippen LogP contribution in [0.3, 0.4) is 0 Å². The highest BCUT2D eigenvalue weighted by Crippen LogP contribution is 2.27. The van der Waals surface area contributed by atoms with E-state index < -0.39 is 5.82 Å². The molecule has 96 valence electrons. The van der Waals surface area contributed by atoms with E-state index in [2.05, 4.69) is 10.4 Å². The van der Waals surface area contributed by atoms with Crippen molar-refractivity contribution in [2.24, 2.45) is 7.05 Å². The quantitative estimate of drug-likeness (QED) is 0.899. The normalized spacial score (nSPS) is 10.7. The largest absolute Gasteiger partial charge is 0.394 e. The van der Waals surface area contributed by atoms with Crippen molar-refractivity contribution < 1.29 is 4.39 Å². The third-order valence-electron chi connectivity index (χ3n) is 2.62. The number of aryl methyl sites for hydroxylation is 2. The first-order valence-corrected chi connectivity index (χ1v) is 5.93. The molecule has 0 amide bonds. The van der Waals surface area contributed by atoms with Crippen molar-refractivity contribution >= 4 is 28.8 Å². The molecule has 0 saturated carbocycles. The Bertz CT molecular complexity index is 559. The van der Waals surface area contributed by atoms with Crippen molar-refractivity contribution in [3.63, 3.8) is 0 Å². The number of nitrogens with one attached hydrogen (secondary N) is 1. The van der Waals surface area contributed by atoms with Crippen LogP contribution in [0.2, 0.25) is 5.02 Å². The lowest BCUT2D eigenvalue weighted by Crippen LogP contribution is -2.01. The van der Waals surface area contributed by atoms with Gasteiger partial charge in [-0.15, -0.1) is 0 Å². The Balaban J connectivity index is 2.36. The Hall–Kier alpha value is -1.75. The molecule has 0 unspecified atom stereocenters. The van der Waals surface area contributed by atoms with E-state index in [1.165, 1.54) is 12.1 Å². The van der Waals surface area contributed by atoms with Gasteiger partial charge in [-0.2, -0.15) is 5.10 Å². The summed E-state index contributed by atoms with van der Waals surface area (Å²) in [7, 11) is 1.78. The van der Waals surface area contributed by atoms with Gasteiger partial charge in [-0.25, -0.2) is 4.39 Å². The number of rotatable bonds is 3. The van der Waals surface area contributed by atoms with Gasteiger partial charge in [0.25, 0.3) is 0 Å². The number of benzene rings is 1. The molecule has 1 aromatic carbocycles. The van der Waals surface area contributed by atoms with Crippen molar-refractivity contribution in [3.8, 4) is 0 Å². The van der Waals surface area contributed by atoms with E-state index in [9.17, 15) is 4.39 Å². The summed E-state index contributed by atoms with van der Waals surface area (Å²) in [5, 5.41) is 7.63. The van der Waals surface area contributed by atoms with Crippen LogP contribution in [0.15, 0.2) is 18.2 Å². The van der Waals surface area contributed by atoms with Gasteiger partial charge in [-0.1, -0.05) is 18.5 Å². The van der Waals surface area contributed by atoms with Crippen LogP contribution in [0.1, 0.15) is 12.6 Å². The minimum absolute atomic E-state index is 0.328. The highest BCUT2D eigenvalue weighted by Gasteiger charge is 2.12. The fourth-order valence-corrected chi connectivity index (χ4v) is 1.99. The van der Waals surface area contributed by atoms with E-state index in [0.29, 0.717) is 22.2 Å². The summed E-state index contributed by atoms with van der Waals surface area (Å²) in [6.07, 6.45) is 0.741. The predicted octanol–water partition coefficient (Wildman–Crippen LogP) is 3.10. The van der Waals surface area contributed by atoms with Gasteiger partial charge in [0, 0.05) is 17.8 Å².